The predicted molar refractivity (Wildman–Crippen MR) is 75.4 cm³/mol. The molecule has 0 amide bonds. The number of benzene rings is 1. The van der Waals surface area contributed by atoms with Crippen LogP contribution in [0.3, 0.4) is 0 Å². The van der Waals surface area contributed by atoms with Gasteiger partial charge in [-0.1, -0.05) is 19.1 Å². The minimum Gasteiger partial charge on any atom is -0.478 e. The first-order valence-electron chi connectivity index (χ1n) is 6.85. The number of carbonyl (C=O) groups is 1. The maximum absolute atomic E-state index is 11.0. The predicted octanol–water partition coefficient (Wildman–Crippen LogP) is 1.91. The van der Waals surface area contributed by atoms with Gasteiger partial charge in [0.15, 0.2) is 0 Å². The Labute approximate surface area is 114 Å². The van der Waals surface area contributed by atoms with Crippen LogP contribution in [-0.4, -0.2) is 53.6 Å². The number of carboxylic acids is 1. The molecular formula is C15H22N2O2. The van der Waals surface area contributed by atoms with E-state index in [9.17, 15) is 4.79 Å². The lowest BCUT2D eigenvalue weighted by Gasteiger charge is -2.39. The average molecular weight is 262 g/mol. The molecule has 1 unspecified atom stereocenters. The molecule has 1 fully saturated rings. The number of aromatic carboxylic acids is 1. The standard InChI is InChI=1S/C15H22N2O2/c1-3-14-11-17(8-7-16(14)2)10-12-5-4-6-13(9-12)15(18)19/h4-6,9,14H,3,7-8,10-11H2,1-2H3,(H,18,19). The maximum Gasteiger partial charge on any atom is 0.335 e. The van der Waals surface area contributed by atoms with E-state index in [1.165, 1.54) is 0 Å². The Morgan fingerprint density at radius 2 is 2.21 bits per heavy atom. The summed E-state index contributed by atoms with van der Waals surface area (Å²) in [5, 5.41) is 9.01. The van der Waals surface area contributed by atoms with Crippen LogP contribution in [0.5, 0.6) is 0 Å². The van der Waals surface area contributed by atoms with E-state index < -0.39 is 5.97 Å². The largest absolute Gasteiger partial charge is 0.478 e. The monoisotopic (exact) mass is 262 g/mol. The molecule has 0 spiro atoms. The molecule has 0 bridgehead atoms. The third-order valence-corrected chi connectivity index (χ3v) is 3.91. The first kappa shape index (κ1) is 14.0. The molecule has 1 aliphatic rings. The fourth-order valence-corrected chi connectivity index (χ4v) is 2.66. The summed E-state index contributed by atoms with van der Waals surface area (Å²) < 4.78 is 0. The molecule has 1 aromatic rings. The van der Waals surface area contributed by atoms with Crippen LogP contribution in [-0.2, 0) is 6.54 Å². The van der Waals surface area contributed by atoms with Gasteiger partial charge in [0.1, 0.15) is 0 Å². The van der Waals surface area contributed by atoms with Crippen LogP contribution in [0.25, 0.3) is 0 Å². The van der Waals surface area contributed by atoms with E-state index >= 15 is 0 Å². The van der Waals surface area contributed by atoms with Gasteiger partial charge in [-0.25, -0.2) is 4.79 Å². The second-order valence-electron chi connectivity index (χ2n) is 5.28. The molecule has 1 heterocycles. The lowest BCUT2D eigenvalue weighted by Crippen LogP contribution is -2.50. The van der Waals surface area contributed by atoms with Crippen LogP contribution in [0.15, 0.2) is 24.3 Å². The molecule has 2 rings (SSSR count). The van der Waals surface area contributed by atoms with Crippen molar-refractivity contribution in [2.24, 2.45) is 0 Å². The van der Waals surface area contributed by atoms with E-state index in [1.54, 1.807) is 12.1 Å². The minimum absolute atomic E-state index is 0.374. The number of piperazine rings is 1. The van der Waals surface area contributed by atoms with Crippen molar-refractivity contribution in [2.45, 2.75) is 25.9 Å². The van der Waals surface area contributed by atoms with Gasteiger partial charge < -0.3 is 10.0 Å². The van der Waals surface area contributed by atoms with Crippen LogP contribution in [0.4, 0.5) is 0 Å². The zero-order valence-electron chi connectivity index (χ0n) is 11.7. The lowest BCUT2D eigenvalue weighted by atomic mass is 10.1. The first-order chi connectivity index (χ1) is 9.10. The summed E-state index contributed by atoms with van der Waals surface area (Å²) in [7, 11) is 2.18. The number of rotatable bonds is 4. The Bertz CT molecular complexity index is 448. The highest BCUT2D eigenvalue weighted by Gasteiger charge is 2.22. The van der Waals surface area contributed by atoms with Crippen molar-refractivity contribution < 1.29 is 9.90 Å². The molecule has 1 aliphatic heterocycles. The average Bonchev–Trinajstić information content (AvgIpc) is 2.41. The fraction of sp³-hybridized carbons (Fsp3) is 0.533. The van der Waals surface area contributed by atoms with Gasteiger partial charge in [-0.05, 0) is 31.2 Å². The Kier molecular flexibility index (Phi) is 4.56. The number of likely N-dealkylation sites (N-methyl/N-ethyl adjacent to an activating group) is 1. The molecular weight excluding hydrogens is 240 g/mol. The minimum atomic E-state index is -0.855. The van der Waals surface area contributed by atoms with Gasteiger partial charge in [-0.2, -0.15) is 0 Å². The number of hydrogen-bond donors (Lipinski definition) is 1. The molecule has 19 heavy (non-hydrogen) atoms. The van der Waals surface area contributed by atoms with Gasteiger partial charge in [0.2, 0.25) is 0 Å². The summed E-state index contributed by atoms with van der Waals surface area (Å²) >= 11 is 0. The second-order valence-corrected chi connectivity index (χ2v) is 5.28. The molecule has 1 aromatic carbocycles. The van der Waals surface area contributed by atoms with Crippen LogP contribution < -0.4 is 0 Å². The quantitative estimate of drug-likeness (QED) is 0.900. The van der Waals surface area contributed by atoms with Crippen LogP contribution >= 0.6 is 0 Å². The van der Waals surface area contributed by atoms with Crippen LogP contribution in [0.1, 0.15) is 29.3 Å². The summed E-state index contributed by atoms with van der Waals surface area (Å²) in [5.74, 6) is -0.855. The fourth-order valence-electron chi connectivity index (χ4n) is 2.66. The summed E-state index contributed by atoms with van der Waals surface area (Å²) in [6.45, 7) is 6.24. The van der Waals surface area contributed by atoms with Crippen molar-refractivity contribution in [3.05, 3.63) is 35.4 Å². The summed E-state index contributed by atoms with van der Waals surface area (Å²) in [5.41, 5.74) is 1.46. The SMILES string of the molecule is CCC1CN(Cc2cccc(C(=O)O)c2)CCN1C. The zero-order valence-corrected chi connectivity index (χ0v) is 11.7. The highest BCUT2D eigenvalue weighted by atomic mass is 16.4. The Morgan fingerprint density at radius 3 is 2.89 bits per heavy atom. The van der Waals surface area contributed by atoms with Crippen molar-refractivity contribution in [3.63, 3.8) is 0 Å². The lowest BCUT2D eigenvalue weighted by molar-refractivity contribution is 0.0696. The van der Waals surface area contributed by atoms with Crippen molar-refractivity contribution in [1.82, 2.24) is 9.80 Å². The van der Waals surface area contributed by atoms with E-state index in [0.717, 1.165) is 38.2 Å². The molecule has 104 valence electrons. The van der Waals surface area contributed by atoms with E-state index in [1.807, 2.05) is 12.1 Å². The topological polar surface area (TPSA) is 43.8 Å². The molecule has 1 atom stereocenters. The summed E-state index contributed by atoms with van der Waals surface area (Å²) in [4.78, 5) is 15.8. The Balaban J connectivity index is 2.01. The van der Waals surface area contributed by atoms with Crippen molar-refractivity contribution >= 4 is 5.97 Å². The number of hydrogen-bond acceptors (Lipinski definition) is 3. The summed E-state index contributed by atoms with van der Waals surface area (Å²) in [6, 6.07) is 7.86. The molecule has 4 nitrogen and oxygen atoms in total. The number of carboxylic acid groups (broad SMARTS) is 1. The molecule has 1 saturated heterocycles. The molecule has 0 aliphatic carbocycles. The van der Waals surface area contributed by atoms with Gasteiger partial charge in [0.25, 0.3) is 0 Å². The van der Waals surface area contributed by atoms with E-state index in [0.29, 0.717) is 11.6 Å². The molecule has 0 radical (unpaired) electrons. The van der Waals surface area contributed by atoms with Crippen LogP contribution in [0.2, 0.25) is 0 Å². The first-order valence-corrected chi connectivity index (χ1v) is 6.85. The highest BCUT2D eigenvalue weighted by molar-refractivity contribution is 5.87. The van der Waals surface area contributed by atoms with Gasteiger partial charge in [-0.3, -0.25) is 4.90 Å². The molecule has 4 heteroatoms. The zero-order chi connectivity index (χ0) is 13.8. The van der Waals surface area contributed by atoms with Crippen LogP contribution in [0, 0.1) is 0 Å². The van der Waals surface area contributed by atoms with Crippen molar-refractivity contribution in [2.75, 3.05) is 26.7 Å². The van der Waals surface area contributed by atoms with Gasteiger partial charge in [0.05, 0.1) is 5.56 Å². The van der Waals surface area contributed by atoms with Crippen molar-refractivity contribution in [3.8, 4) is 0 Å². The second kappa shape index (κ2) is 6.17. The van der Waals surface area contributed by atoms with Gasteiger partial charge in [-0.15, -0.1) is 0 Å². The number of nitrogens with zero attached hydrogens (tertiary/aromatic N) is 2. The van der Waals surface area contributed by atoms with Crippen molar-refractivity contribution in [1.29, 1.82) is 0 Å². The maximum atomic E-state index is 11.0. The summed E-state index contributed by atoms with van der Waals surface area (Å²) in [6.07, 6.45) is 1.15. The third-order valence-electron chi connectivity index (χ3n) is 3.91. The van der Waals surface area contributed by atoms with E-state index in [4.69, 9.17) is 5.11 Å². The van der Waals surface area contributed by atoms with Gasteiger partial charge in [0, 0.05) is 32.2 Å². The van der Waals surface area contributed by atoms with E-state index in [-0.39, 0.29) is 0 Å². The molecule has 0 aromatic heterocycles. The Morgan fingerprint density at radius 1 is 1.42 bits per heavy atom. The molecule has 0 saturated carbocycles. The normalized spacial score (nSPS) is 21.5. The van der Waals surface area contributed by atoms with E-state index in [2.05, 4.69) is 23.8 Å². The molecule has 1 N–H and O–H groups in total. The third kappa shape index (κ3) is 3.55. The smallest absolute Gasteiger partial charge is 0.335 e. The highest BCUT2D eigenvalue weighted by Crippen LogP contribution is 2.14. The van der Waals surface area contributed by atoms with Gasteiger partial charge >= 0.3 is 5.97 Å². The Hall–Kier alpha value is -1.39.